The van der Waals surface area contributed by atoms with Crippen LogP contribution < -0.4 is 0 Å². The fourth-order valence-corrected chi connectivity index (χ4v) is 2.25. The number of hydrogen-bond acceptors (Lipinski definition) is 2. The monoisotopic (exact) mass is 270 g/mol. The maximum Gasteiger partial charge on any atom is 0.182 e. The van der Waals surface area contributed by atoms with Crippen LogP contribution in [0.4, 0.5) is 4.39 Å². The van der Waals surface area contributed by atoms with Gasteiger partial charge in [-0.2, -0.15) is 5.26 Å². The molecule has 0 saturated heterocycles. The number of Topliss-reactive ketones (excluding diaryl/α,β-unsaturated/α-hetero) is 1. The summed E-state index contributed by atoms with van der Waals surface area (Å²) in [7, 11) is 0. The maximum atomic E-state index is 13.2. The quantitative estimate of drug-likeness (QED) is 0.803. The summed E-state index contributed by atoms with van der Waals surface area (Å²) < 4.78 is 14.9. The van der Waals surface area contributed by atoms with Gasteiger partial charge in [0.15, 0.2) is 5.78 Å². The van der Waals surface area contributed by atoms with Crippen molar-refractivity contribution in [2.75, 3.05) is 0 Å². The highest BCUT2D eigenvalue weighted by Gasteiger charge is 2.14. The van der Waals surface area contributed by atoms with Crippen molar-refractivity contribution in [3.05, 3.63) is 58.2 Å². The topological polar surface area (TPSA) is 45.8 Å². The van der Waals surface area contributed by atoms with Crippen molar-refractivity contribution in [2.24, 2.45) is 0 Å². The Morgan fingerprint density at radius 3 is 2.55 bits per heavy atom. The molecule has 0 saturated carbocycles. The highest BCUT2D eigenvalue weighted by Crippen LogP contribution is 2.16. The number of carbonyl (C=O) groups excluding carboxylic acids is 1. The molecule has 2 aromatic rings. The first-order chi connectivity index (χ1) is 9.43. The van der Waals surface area contributed by atoms with E-state index >= 15 is 0 Å². The molecule has 3 nitrogen and oxygen atoms in total. The first kappa shape index (κ1) is 14.0. The molecule has 0 N–H and O–H groups in total. The number of hydrogen-bond donors (Lipinski definition) is 0. The van der Waals surface area contributed by atoms with Crippen molar-refractivity contribution in [2.45, 2.75) is 27.3 Å². The summed E-state index contributed by atoms with van der Waals surface area (Å²) in [5, 5.41) is 9.14. The fraction of sp³-hybridized carbons (Fsp3) is 0.250. The molecule has 20 heavy (non-hydrogen) atoms. The largest absolute Gasteiger partial charge is 0.329 e. The standard InChI is InChI=1S/C16H15FN2O/c1-10-7-13(4-5-14(10)17)16(20)9-19-12(3)6-11(2)15(19)8-18/h4-7H,9H2,1-3H3. The van der Waals surface area contributed by atoms with Crippen molar-refractivity contribution in [3.8, 4) is 6.07 Å². The molecule has 0 spiro atoms. The number of nitriles is 1. The predicted octanol–water partition coefficient (Wildman–Crippen LogP) is 3.31. The van der Waals surface area contributed by atoms with E-state index in [0.29, 0.717) is 16.8 Å². The second-order valence-electron chi connectivity index (χ2n) is 4.90. The summed E-state index contributed by atoms with van der Waals surface area (Å²) in [6.07, 6.45) is 0. The van der Waals surface area contributed by atoms with Gasteiger partial charge in [0.05, 0.1) is 6.54 Å². The highest BCUT2D eigenvalue weighted by molar-refractivity contribution is 5.96. The van der Waals surface area contributed by atoms with Crippen LogP contribution in [0.3, 0.4) is 0 Å². The van der Waals surface area contributed by atoms with Crippen LogP contribution in [0.2, 0.25) is 0 Å². The Labute approximate surface area is 117 Å². The van der Waals surface area contributed by atoms with Crippen LogP contribution in [0.5, 0.6) is 0 Å². The van der Waals surface area contributed by atoms with Crippen molar-refractivity contribution in [3.63, 3.8) is 0 Å². The smallest absolute Gasteiger partial charge is 0.182 e. The number of nitrogens with zero attached hydrogens (tertiary/aromatic N) is 2. The third-order valence-corrected chi connectivity index (χ3v) is 3.38. The van der Waals surface area contributed by atoms with Gasteiger partial charge in [-0.15, -0.1) is 0 Å². The number of rotatable bonds is 3. The first-order valence-electron chi connectivity index (χ1n) is 6.30. The van der Waals surface area contributed by atoms with Crippen molar-refractivity contribution in [1.29, 1.82) is 5.26 Å². The van der Waals surface area contributed by atoms with Gasteiger partial charge in [0.2, 0.25) is 0 Å². The lowest BCUT2D eigenvalue weighted by Crippen LogP contribution is -2.13. The number of ketones is 1. The van der Waals surface area contributed by atoms with Gasteiger partial charge in [-0.1, -0.05) is 0 Å². The van der Waals surface area contributed by atoms with Gasteiger partial charge in [-0.3, -0.25) is 4.79 Å². The lowest BCUT2D eigenvalue weighted by atomic mass is 10.1. The lowest BCUT2D eigenvalue weighted by molar-refractivity contribution is 0.0971. The molecule has 4 heteroatoms. The van der Waals surface area contributed by atoms with Crippen LogP contribution in [0.25, 0.3) is 0 Å². The van der Waals surface area contributed by atoms with Gasteiger partial charge in [0, 0.05) is 11.3 Å². The summed E-state index contributed by atoms with van der Waals surface area (Å²) >= 11 is 0. The number of carbonyl (C=O) groups is 1. The molecule has 1 aromatic carbocycles. The van der Waals surface area contributed by atoms with Crippen LogP contribution in [0.1, 0.15) is 32.9 Å². The molecule has 0 aliphatic carbocycles. The highest BCUT2D eigenvalue weighted by atomic mass is 19.1. The van der Waals surface area contributed by atoms with Gasteiger partial charge in [0.1, 0.15) is 17.6 Å². The van der Waals surface area contributed by atoms with Crippen molar-refractivity contribution < 1.29 is 9.18 Å². The molecule has 0 unspecified atom stereocenters. The zero-order valence-corrected chi connectivity index (χ0v) is 11.7. The van der Waals surface area contributed by atoms with Crippen LogP contribution >= 0.6 is 0 Å². The minimum absolute atomic E-state index is 0.0909. The van der Waals surface area contributed by atoms with Gasteiger partial charge in [-0.05, 0) is 56.2 Å². The molecular formula is C16H15FN2O. The predicted molar refractivity (Wildman–Crippen MR) is 74.1 cm³/mol. The van der Waals surface area contributed by atoms with E-state index in [1.165, 1.54) is 18.2 Å². The van der Waals surface area contributed by atoms with Crippen LogP contribution in [0, 0.1) is 37.9 Å². The minimum Gasteiger partial charge on any atom is -0.329 e. The zero-order valence-electron chi connectivity index (χ0n) is 11.7. The Bertz CT molecular complexity index is 723. The average Bonchev–Trinajstić information content (AvgIpc) is 2.67. The molecule has 1 aromatic heterocycles. The van der Waals surface area contributed by atoms with E-state index in [0.717, 1.165) is 11.3 Å². The second kappa shape index (κ2) is 5.30. The normalized spacial score (nSPS) is 10.3. The zero-order chi connectivity index (χ0) is 14.9. The Kier molecular flexibility index (Phi) is 3.71. The number of aryl methyl sites for hydroxylation is 3. The van der Waals surface area contributed by atoms with Gasteiger partial charge >= 0.3 is 0 Å². The Morgan fingerprint density at radius 1 is 1.25 bits per heavy atom. The van der Waals surface area contributed by atoms with Crippen LogP contribution in [-0.2, 0) is 6.54 Å². The molecule has 0 aliphatic rings. The minimum atomic E-state index is -0.327. The van der Waals surface area contributed by atoms with E-state index in [1.807, 2.05) is 19.9 Å². The van der Waals surface area contributed by atoms with Gasteiger partial charge < -0.3 is 4.57 Å². The molecule has 102 valence electrons. The summed E-state index contributed by atoms with van der Waals surface area (Å²) in [5.74, 6) is -0.462. The van der Waals surface area contributed by atoms with Crippen molar-refractivity contribution >= 4 is 5.78 Å². The number of halogens is 1. The summed E-state index contributed by atoms with van der Waals surface area (Å²) in [5.41, 5.74) is 3.12. The third kappa shape index (κ3) is 2.48. The Balaban J connectivity index is 2.33. The molecule has 0 amide bonds. The fourth-order valence-electron chi connectivity index (χ4n) is 2.25. The van der Waals surface area contributed by atoms with Crippen molar-refractivity contribution in [1.82, 2.24) is 4.57 Å². The lowest BCUT2D eigenvalue weighted by Gasteiger charge is -2.08. The second-order valence-corrected chi connectivity index (χ2v) is 4.90. The first-order valence-corrected chi connectivity index (χ1v) is 6.30. The SMILES string of the molecule is Cc1cc(C(=O)Cn2c(C)cc(C)c2C#N)ccc1F. The molecule has 0 radical (unpaired) electrons. The van der Waals surface area contributed by atoms with E-state index in [1.54, 1.807) is 11.5 Å². The summed E-state index contributed by atoms with van der Waals surface area (Å²) in [4.78, 5) is 12.3. The summed E-state index contributed by atoms with van der Waals surface area (Å²) in [6, 6.07) is 8.29. The number of aromatic nitrogens is 1. The van der Waals surface area contributed by atoms with E-state index in [9.17, 15) is 9.18 Å². The molecule has 0 bridgehead atoms. The molecular weight excluding hydrogens is 255 g/mol. The van der Waals surface area contributed by atoms with E-state index < -0.39 is 0 Å². The van der Waals surface area contributed by atoms with E-state index in [-0.39, 0.29) is 18.1 Å². The van der Waals surface area contributed by atoms with Crippen LogP contribution in [-0.4, -0.2) is 10.4 Å². The maximum absolute atomic E-state index is 13.2. The Hall–Kier alpha value is -2.41. The third-order valence-electron chi connectivity index (χ3n) is 3.38. The van der Waals surface area contributed by atoms with Crippen LogP contribution in [0.15, 0.2) is 24.3 Å². The Morgan fingerprint density at radius 2 is 1.95 bits per heavy atom. The molecule has 0 fully saturated rings. The van der Waals surface area contributed by atoms with E-state index in [2.05, 4.69) is 6.07 Å². The van der Waals surface area contributed by atoms with E-state index in [4.69, 9.17) is 5.26 Å². The molecule has 2 rings (SSSR count). The van der Waals surface area contributed by atoms with Gasteiger partial charge in [-0.25, -0.2) is 4.39 Å². The average molecular weight is 270 g/mol. The summed E-state index contributed by atoms with van der Waals surface area (Å²) in [6.45, 7) is 5.41. The molecule has 1 heterocycles. The number of benzene rings is 1. The molecule has 0 atom stereocenters. The molecule has 0 aliphatic heterocycles. The van der Waals surface area contributed by atoms with Gasteiger partial charge in [0.25, 0.3) is 0 Å².